The molecule has 5 aliphatic heterocycles. The van der Waals surface area contributed by atoms with E-state index >= 15 is 4.39 Å². The van der Waals surface area contributed by atoms with Gasteiger partial charge in [-0.1, -0.05) is 30.3 Å². The van der Waals surface area contributed by atoms with Gasteiger partial charge in [-0.25, -0.2) is 14.1 Å². The van der Waals surface area contributed by atoms with Gasteiger partial charge in [0.2, 0.25) is 11.8 Å². The van der Waals surface area contributed by atoms with Crippen molar-refractivity contribution in [2.45, 2.75) is 102 Å². The molecule has 5 amide bonds. The van der Waals surface area contributed by atoms with E-state index in [4.69, 9.17) is 0 Å². The van der Waals surface area contributed by atoms with Crippen molar-refractivity contribution in [3.63, 3.8) is 0 Å². The molecule has 1 unspecified atom stereocenters. The number of fused-ring (bicyclic) bond motifs is 3. The molecule has 68 heavy (non-hydrogen) atoms. The molecule has 0 aliphatic carbocycles. The number of aromatic nitrogens is 5. The number of hydrogen-bond donors (Lipinski definition) is 3. The summed E-state index contributed by atoms with van der Waals surface area (Å²) in [6.07, 6.45) is 1.30. The Labute approximate surface area is 388 Å². The molecule has 16 nitrogen and oxygen atoms in total. The minimum atomic E-state index is -4.54. The Morgan fingerprint density at radius 2 is 1.59 bits per heavy atom. The highest BCUT2D eigenvalue weighted by atomic mass is 19.4. The smallest absolute Gasteiger partial charge is 0.369 e. The molecule has 0 radical (unpaired) electrons. The van der Waals surface area contributed by atoms with Crippen LogP contribution in [0.1, 0.15) is 99.8 Å². The van der Waals surface area contributed by atoms with Crippen LogP contribution in [0.5, 0.6) is 0 Å². The molecule has 0 saturated carbocycles. The van der Waals surface area contributed by atoms with Gasteiger partial charge in [0.05, 0.1) is 40.8 Å². The van der Waals surface area contributed by atoms with E-state index in [1.807, 2.05) is 24.0 Å². The second kappa shape index (κ2) is 17.1. The van der Waals surface area contributed by atoms with Gasteiger partial charge in [-0.05, 0) is 93.0 Å². The first-order chi connectivity index (χ1) is 32.4. The van der Waals surface area contributed by atoms with Crippen molar-refractivity contribution in [3.05, 3.63) is 112 Å². The first-order valence-electron chi connectivity index (χ1n) is 22.7. The number of piperazine rings is 1. The zero-order valence-corrected chi connectivity index (χ0v) is 37.6. The molecule has 5 aromatic rings. The quantitative estimate of drug-likeness (QED) is 0.117. The van der Waals surface area contributed by atoms with Gasteiger partial charge in [-0.15, -0.1) is 0 Å². The molecular weight excluding hydrogens is 887 g/mol. The number of carbonyl (C=O) groups is 5. The zero-order chi connectivity index (χ0) is 47.8. The largest absolute Gasteiger partial charge is 0.401 e. The van der Waals surface area contributed by atoms with Crippen LogP contribution < -0.4 is 15.5 Å². The number of rotatable bonds is 11. The van der Waals surface area contributed by atoms with Crippen molar-refractivity contribution >= 4 is 35.2 Å². The Morgan fingerprint density at radius 1 is 0.868 bits per heavy atom. The molecule has 4 fully saturated rings. The van der Waals surface area contributed by atoms with Crippen molar-refractivity contribution in [2.75, 3.05) is 31.1 Å². The number of aromatic amines is 1. The van der Waals surface area contributed by atoms with Crippen LogP contribution in [0.25, 0.3) is 16.8 Å². The maximum atomic E-state index is 15.6. The molecule has 20 heteroatoms. The van der Waals surface area contributed by atoms with Gasteiger partial charge in [0.1, 0.15) is 23.1 Å². The SMILES string of the molecule is Cc1cc(-c2ccc(CN3C[C@@H]4C[C@H]3CN4C3CCN(c4cc5c(cc4F)C(=O)N(C4CCC(=O)NC4=O)C5=O)CC3)cc2)ccc1-n1cc(C(=O)NCc2nc(C(C)(C)C(F)(F)F)n[nH]2)cn1. The van der Waals surface area contributed by atoms with Crippen LogP contribution in [0.2, 0.25) is 0 Å². The third-order valence-electron chi connectivity index (χ3n) is 14.4. The van der Waals surface area contributed by atoms with Crippen LogP contribution >= 0.6 is 0 Å². The fraction of sp³-hybridized carbons (Fsp3) is 0.417. The van der Waals surface area contributed by atoms with Gasteiger partial charge in [0.25, 0.3) is 17.7 Å². The second-order valence-corrected chi connectivity index (χ2v) is 19.0. The monoisotopic (exact) mass is 935 g/mol. The summed E-state index contributed by atoms with van der Waals surface area (Å²) >= 11 is 0. The first-order valence-corrected chi connectivity index (χ1v) is 22.7. The minimum Gasteiger partial charge on any atom is -0.369 e. The second-order valence-electron chi connectivity index (χ2n) is 19.0. The summed E-state index contributed by atoms with van der Waals surface area (Å²) in [5.41, 5.74) is 3.35. The maximum Gasteiger partial charge on any atom is 0.401 e. The topological polar surface area (TPSA) is 182 Å². The number of nitrogens with zero attached hydrogens (tertiary/aromatic N) is 8. The summed E-state index contributed by atoms with van der Waals surface area (Å²) < 4.78 is 57.4. The van der Waals surface area contributed by atoms with Crippen LogP contribution in [0.3, 0.4) is 0 Å². The lowest BCUT2D eigenvalue weighted by Crippen LogP contribution is -2.54. The van der Waals surface area contributed by atoms with E-state index in [0.29, 0.717) is 31.2 Å². The van der Waals surface area contributed by atoms with E-state index in [1.54, 1.807) is 10.9 Å². The number of halogens is 4. The van der Waals surface area contributed by atoms with Gasteiger partial charge in [0.15, 0.2) is 5.82 Å². The Kier molecular flexibility index (Phi) is 11.3. The number of alkyl halides is 3. The van der Waals surface area contributed by atoms with Gasteiger partial charge >= 0.3 is 6.18 Å². The molecule has 4 saturated heterocycles. The number of aryl methyl sites for hydroxylation is 1. The van der Waals surface area contributed by atoms with Crippen LogP contribution in [-0.2, 0) is 28.1 Å². The van der Waals surface area contributed by atoms with Crippen LogP contribution in [0.15, 0.2) is 67.0 Å². The summed E-state index contributed by atoms with van der Waals surface area (Å²) in [4.78, 5) is 75.5. The first kappa shape index (κ1) is 45.0. The Bertz CT molecular complexity index is 2850. The van der Waals surface area contributed by atoms with Crippen LogP contribution in [0.4, 0.5) is 23.2 Å². The number of amides is 5. The van der Waals surface area contributed by atoms with E-state index in [1.165, 1.54) is 17.8 Å². The fourth-order valence-electron chi connectivity index (χ4n) is 10.3. The number of nitrogens with one attached hydrogen (secondary N) is 3. The van der Waals surface area contributed by atoms with E-state index < -0.39 is 58.8 Å². The molecule has 3 N–H and O–H groups in total. The van der Waals surface area contributed by atoms with Gasteiger partial charge in [0, 0.05) is 63.5 Å². The molecule has 5 aliphatic rings. The number of piperidine rings is 2. The normalized spacial score (nSPS) is 21.5. The summed E-state index contributed by atoms with van der Waals surface area (Å²) in [7, 11) is 0. The molecule has 354 valence electrons. The molecule has 2 aromatic heterocycles. The van der Waals surface area contributed by atoms with E-state index in [-0.39, 0.29) is 47.6 Å². The van der Waals surface area contributed by atoms with E-state index in [9.17, 15) is 37.1 Å². The van der Waals surface area contributed by atoms with E-state index in [0.717, 1.165) is 86.1 Å². The molecule has 3 atom stereocenters. The maximum absolute atomic E-state index is 15.6. The summed E-state index contributed by atoms with van der Waals surface area (Å²) in [5, 5.41) is 15.4. The molecule has 7 heterocycles. The molecule has 2 bridgehead atoms. The zero-order valence-electron chi connectivity index (χ0n) is 37.6. The van der Waals surface area contributed by atoms with Gasteiger partial charge in [-0.3, -0.25) is 49.1 Å². The van der Waals surface area contributed by atoms with Crippen molar-refractivity contribution < 1.29 is 41.5 Å². The standard InChI is InChI=1S/C48H49F4N11O5/c1-26-16-29(8-9-37(26)62-23-30(20-54-62)42(65)53-21-40-55-46(58-57-40)47(2,3)48(50,51)52)28-6-4-27(5-7-28)22-60-24-33-17-32(60)25-61(33)31-12-14-59(15-13-31)39-19-35-34(18-36(39)49)44(67)63(45(35)68)38-10-11-41(64)56-43(38)66/h4-9,16,18-20,23,31-33,38H,10-15,17,21-22,24-25H2,1-3H3,(H,53,65)(H,55,57,58)(H,56,64,66)/t32-,33-,38?/m0/s1. The molecule has 0 spiro atoms. The predicted molar refractivity (Wildman–Crippen MR) is 238 cm³/mol. The third-order valence-corrected chi connectivity index (χ3v) is 14.4. The van der Waals surface area contributed by atoms with Crippen molar-refractivity contribution in [1.82, 2.24) is 50.3 Å². The number of anilines is 1. The molecule has 3 aromatic carbocycles. The minimum absolute atomic E-state index is 0.00972. The van der Waals surface area contributed by atoms with Gasteiger partial charge in [-0.2, -0.15) is 23.4 Å². The van der Waals surface area contributed by atoms with Crippen LogP contribution in [0, 0.1) is 12.7 Å². The van der Waals surface area contributed by atoms with Crippen molar-refractivity contribution in [1.29, 1.82) is 0 Å². The number of likely N-dealkylation sites (tertiary alicyclic amines) is 2. The molecular formula is C48H49F4N11O5. The van der Waals surface area contributed by atoms with Crippen molar-refractivity contribution in [2.24, 2.45) is 0 Å². The lowest BCUT2D eigenvalue weighted by atomic mass is 9.92. The lowest BCUT2D eigenvalue weighted by molar-refractivity contribution is -0.182. The van der Waals surface area contributed by atoms with E-state index in [2.05, 4.69) is 71.0 Å². The number of benzene rings is 3. The average Bonchev–Trinajstić information content (AvgIpc) is 4.17. The summed E-state index contributed by atoms with van der Waals surface area (Å²) in [6, 6.07) is 17.3. The highest BCUT2D eigenvalue weighted by Gasteiger charge is 2.52. The predicted octanol–water partition coefficient (Wildman–Crippen LogP) is 5.20. The number of H-pyrrole nitrogens is 1. The fourth-order valence-corrected chi connectivity index (χ4v) is 10.3. The van der Waals surface area contributed by atoms with Crippen LogP contribution in [-0.4, -0.2) is 126 Å². The lowest BCUT2D eigenvalue weighted by Gasteiger charge is -2.43. The Balaban J connectivity index is 0.701. The number of hydrogen-bond acceptors (Lipinski definition) is 11. The average molecular weight is 936 g/mol. The molecule has 10 rings (SSSR count). The number of imide groups is 2. The highest BCUT2D eigenvalue weighted by molar-refractivity contribution is 6.23. The number of carbonyl (C=O) groups excluding carboxylic acids is 5. The van der Waals surface area contributed by atoms with Crippen molar-refractivity contribution in [3.8, 4) is 16.8 Å². The summed E-state index contributed by atoms with van der Waals surface area (Å²) in [5.74, 6) is -3.89. The highest BCUT2D eigenvalue weighted by Crippen LogP contribution is 2.40. The Morgan fingerprint density at radius 3 is 2.26 bits per heavy atom. The third kappa shape index (κ3) is 8.11. The Hall–Kier alpha value is -6.80. The summed E-state index contributed by atoms with van der Waals surface area (Å²) in [6.45, 7) is 7.80. The van der Waals surface area contributed by atoms with Gasteiger partial charge < -0.3 is 10.2 Å².